The second-order valence-electron chi connectivity index (χ2n) is 7.82. The number of aromatic nitrogens is 1. The summed E-state index contributed by atoms with van der Waals surface area (Å²) in [6.07, 6.45) is -0.675. The molecule has 1 aromatic heterocycles. The van der Waals surface area contributed by atoms with Crippen LogP contribution in [0.15, 0.2) is 30.3 Å². The number of halogens is 1. The molecule has 0 aliphatic carbocycles. The molecule has 0 saturated heterocycles. The Bertz CT molecular complexity index is 868. The average molecular weight is 390 g/mol. The average Bonchev–Trinajstić information content (AvgIpc) is 2.82. The molecule has 1 aromatic carbocycles. The molecule has 7 heteroatoms. The lowest BCUT2D eigenvalue weighted by atomic mass is 10.1. The molecule has 0 fully saturated rings. The lowest BCUT2D eigenvalue weighted by Gasteiger charge is -2.22. The van der Waals surface area contributed by atoms with E-state index in [1.807, 2.05) is 24.5 Å². The molecule has 0 bridgehead atoms. The fourth-order valence-corrected chi connectivity index (χ4v) is 2.99. The predicted molar refractivity (Wildman–Crippen MR) is 104 cm³/mol. The summed E-state index contributed by atoms with van der Waals surface area (Å²) in [5.41, 5.74) is 2.33. The number of nitrogens with zero attached hydrogens (tertiary/aromatic N) is 1. The Morgan fingerprint density at radius 3 is 2.43 bits per heavy atom. The molecule has 2 aromatic rings. The number of aryl methyl sites for hydroxylation is 1. The number of carbonyl (C=O) groups excluding carboxylic acids is 1. The second-order valence-corrected chi connectivity index (χ2v) is 7.82. The quantitative estimate of drug-likeness (QED) is 0.786. The van der Waals surface area contributed by atoms with Crippen LogP contribution in [0.25, 0.3) is 0 Å². The summed E-state index contributed by atoms with van der Waals surface area (Å²) in [5.74, 6) is -1.43. The SMILES string of the molecule is Cc1cc(CC(NC(=O)OC(C)(C)C)C(=O)O)c(C)n1Cc1ccccc1F. The second kappa shape index (κ2) is 8.46. The molecule has 1 amide bonds. The minimum atomic E-state index is -1.15. The first kappa shape index (κ1) is 21.5. The smallest absolute Gasteiger partial charge is 0.408 e. The van der Waals surface area contributed by atoms with Gasteiger partial charge in [-0.15, -0.1) is 0 Å². The summed E-state index contributed by atoms with van der Waals surface area (Å²) in [6.45, 7) is 9.21. The third-order valence-corrected chi connectivity index (χ3v) is 4.38. The lowest BCUT2D eigenvalue weighted by Crippen LogP contribution is -2.44. The van der Waals surface area contributed by atoms with Crippen LogP contribution in [0.1, 0.15) is 43.3 Å². The fourth-order valence-electron chi connectivity index (χ4n) is 2.99. The van der Waals surface area contributed by atoms with Gasteiger partial charge in [-0.05, 0) is 52.3 Å². The number of ether oxygens (including phenoxy) is 1. The molecule has 0 spiro atoms. The molecular formula is C21H27FN2O4. The normalized spacial score (nSPS) is 12.5. The van der Waals surface area contributed by atoms with Gasteiger partial charge in [-0.2, -0.15) is 0 Å². The van der Waals surface area contributed by atoms with Crippen molar-refractivity contribution in [3.63, 3.8) is 0 Å². The highest BCUT2D eigenvalue weighted by Crippen LogP contribution is 2.20. The zero-order chi connectivity index (χ0) is 21.1. The maximum atomic E-state index is 14.0. The zero-order valence-corrected chi connectivity index (χ0v) is 16.9. The van der Waals surface area contributed by atoms with Gasteiger partial charge in [0.2, 0.25) is 0 Å². The van der Waals surface area contributed by atoms with Gasteiger partial charge in [0, 0.05) is 23.4 Å². The molecule has 0 aliphatic rings. The molecule has 152 valence electrons. The van der Waals surface area contributed by atoms with Crippen molar-refractivity contribution < 1.29 is 23.8 Å². The van der Waals surface area contributed by atoms with Gasteiger partial charge < -0.3 is 19.7 Å². The van der Waals surface area contributed by atoms with Crippen molar-refractivity contribution in [3.8, 4) is 0 Å². The Morgan fingerprint density at radius 2 is 1.86 bits per heavy atom. The molecule has 2 N–H and O–H groups in total. The summed E-state index contributed by atoms with van der Waals surface area (Å²) in [4.78, 5) is 23.6. The molecule has 28 heavy (non-hydrogen) atoms. The molecule has 1 atom stereocenters. The minimum Gasteiger partial charge on any atom is -0.480 e. The Hall–Kier alpha value is -2.83. The van der Waals surface area contributed by atoms with E-state index < -0.39 is 23.7 Å². The van der Waals surface area contributed by atoms with E-state index in [1.54, 1.807) is 39.0 Å². The fraction of sp³-hybridized carbons (Fsp3) is 0.429. The van der Waals surface area contributed by atoms with Crippen molar-refractivity contribution in [2.24, 2.45) is 0 Å². The highest BCUT2D eigenvalue weighted by atomic mass is 19.1. The molecule has 1 unspecified atom stereocenters. The number of rotatable bonds is 6. The van der Waals surface area contributed by atoms with Crippen LogP contribution in [0.4, 0.5) is 9.18 Å². The number of hydrogen-bond acceptors (Lipinski definition) is 3. The summed E-state index contributed by atoms with van der Waals surface area (Å²) in [5, 5.41) is 11.9. The molecule has 0 radical (unpaired) electrons. The topological polar surface area (TPSA) is 80.6 Å². The van der Waals surface area contributed by atoms with Crippen molar-refractivity contribution in [1.82, 2.24) is 9.88 Å². The highest BCUT2D eigenvalue weighted by Gasteiger charge is 2.25. The standard InChI is InChI=1S/C21H27FN2O4/c1-13-10-16(11-18(19(25)26)23-20(27)28-21(3,4)5)14(2)24(13)12-15-8-6-7-9-17(15)22/h6-10,18H,11-12H2,1-5H3,(H,23,27)(H,25,26). The van der Waals surface area contributed by atoms with Crippen LogP contribution in [-0.4, -0.2) is 33.4 Å². The summed E-state index contributed by atoms with van der Waals surface area (Å²) in [7, 11) is 0. The van der Waals surface area contributed by atoms with Crippen molar-refractivity contribution >= 4 is 12.1 Å². The van der Waals surface area contributed by atoms with Gasteiger partial charge in [0.15, 0.2) is 0 Å². The van der Waals surface area contributed by atoms with Crippen molar-refractivity contribution in [2.45, 2.75) is 59.2 Å². The predicted octanol–water partition coefficient (Wildman–Crippen LogP) is 3.81. The van der Waals surface area contributed by atoms with E-state index >= 15 is 0 Å². The Balaban J connectivity index is 2.19. The summed E-state index contributed by atoms with van der Waals surface area (Å²) >= 11 is 0. The van der Waals surface area contributed by atoms with E-state index in [2.05, 4.69) is 5.32 Å². The number of carboxylic acid groups (broad SMARTS) is 1. The third kappa shape index (κ3) is 5.58. The first-order chi connectivity index (χ1) is 13.0. The molecule has 0 saturated carbocycles. The van der Waals surface area contributed by atoms with Gasteiger partial charge in [-0.25, -0.2) is 14.0 Å². The van der Waals surface area contributed by atoms with Crippen LogP contribution < -0.4 is 5.32 Å². The van der Waals surface area contributed by atoms with Crippen LogP contribution in [0.5, 0.6) is 0 Å². The Labute approximate surface area is 164 Å². The minimum absolute atomic E-state index is 0.103. The number of benzene rings is 1. The lowest BCUT2D eigenvalue weighted by molar-refractivity contribution is -0.139. The number of aliphatic carboxylic acids is 1. The van der Waals surface area contributed by atoms with Crippen LogP contribution in [0.3, 0.4) is 0 Å². The first-order valence-corrected chi connectivity index (χ1v) is 9.09. The number of hydrogen-bond donors (Lipinski definition) is 2. The number of alkyl carbamates (subject to hydrolysis) is 1. The van der Waals surface area contributed by atoms with Gasteiger partial charge in [-0.1, -0.05) is 18.2 Å². The maximum Gasteiger partial charge on any atom is 0.408 e. The third-order valence-electron chi connectivity index (χ3n) is 4.38. The van der Waals surface area contributed by atoms with E-state index in [9.17, 15) is 19.1 Å². The van der Waals surface area contributed by atoms with Gasteiger partial charge >= 0.3 is 12.1 Å². The van der Waals surface area contributed by atoms with Crippen molar-refractivity contribution in [3.05, 3.63) is 58.7 Å². The highest BCUT2D eigenvalue weighted by molar-refractivity contribution is 5.80. The van der Waals surface area contributed by atoms with Crippen LogP contribution >= 0.6 is 0 Å². The van der Waals surface area contributed by atoms with E-state index in [1.165, 1.54) is 6.07 Å². The first-order valence-electron chi connectivity index (χ1n) is 9.09. The molecule has 2 rings (SSSR count). The van der Waals surface area contributed by atoms with Crippen LogP contribution in [0.2, 0.25) is 0 Å². The van der Waals surface area contributed by atoms with E-state index in [0.717, 1.165) is 17.0 Å². The molecule has 6 nitrogen and oxygen atoms in total. The van der Waals surface area contributed by atoms with E-state index in [0.29, 0.717) is 12.1 Å². The monoisotopic (exact) mass is 390 g/mol. The molecule has 0 aliphatic heterocycles. The summed E-state index contributed by atoms with van der Waals surface area (Å²) < 4.78 is 21.1. The largest absolute Gasteiger partial charge is 0.480 e. The molecule has 1 heterocycles. The van der Waals surface area contributed by atoms with Crippen molar-refractivity contribution in [1.29, 1.82) is 0 Å². The van der Waals surface area contributed by atoms with Crippen LogP contribution in [-0.2, 0) is 22.5 Å². The van der Waals surface area contributed by atoms with Gasteiger partial charge in [-0.3, -0.25) is 0 Å². The maximum absolute atomic E-state index is 14.0. The van der Waals surface area contributed by atoms with E-state index in [4.69, 9.17) is 4.74 Å². The number of carbonyl (C=O) groups is 2. The Kier molecular flexibility index (Phi) is 6.48. The van der Waals surface area contributed by atoms with Gasteiger partial charge in [0.05, 0.1) is 6.54 Å². The van der Waals surface area contributed by atoms with Gasteiger partial charge in [0.25, 0.3) is 0 Å². The van der Waals surface area contributed by atoms with E-state index in [-0.39, 0.29) is 12.2 Å². The van der Waals surface area contributed by atoms with Crippen molar-refractivity contribution in [2.75, 3.05) is 0 Å². The number of carboxylic acids is 1. The summed E-state index contributed by atoms with van der Waals surface area (Å²) in [6, 6.07) is 7.28. The Morgan fingerprint density at radius 1 is 1.21 bits per heavy atom. The van der Waals surface area contributed by atoms with Crippen LogP contribution in [0, 0.1) is 19.7 Å². The van der Waals surface area contributed by atoms with Gasteiger partial charge in [0.1, 0.15) is 17.5 Å². The number of amides is 1. The zero-order valence-electron chi connectivity index (χ0n) is 16.9. The number of nitrogens with one attached hydrogen (secondary N) is 1. The molecular weight excluding hydrogens is 363 g/mol.